The van der Waals surface area contributed by atoms with E-state index in [1.165, 1.54) is 5.56 Å². The first-order valence-corrected chi connectivity index (χ1v) is 7.34. The number of benzene rings is 2. The zero-order chi connectivity index (χ0) is 14.7. The third kappa shape index (κ3) is 1.35. The molecule has 0 spiro atoms. The van der Waals surface area contributed by atoms with Gasteiger partial charge in [0.15, 0.2) is 6.29 Å². The molecule has 1 aromatic heterocycles. The summed E-state index contributed by atoms with van der Waals surface area (Å²) in [7, 11) is 0. The summed E-state index contributed by atoms with van der Waals surface area (Å²) < 4.78 is 0. The van der Waals surface area contributed by atoms with Crippen molar-refractivity contribution in [3.8, 4) is 0 Å². The van der Waals surface area contributed by atoms with Crippen molar-refractivity contribution in [1.29, 1.82) is 0 Å². The summed E-state index contributed by atoms with van der Waals surface area (Å²) in [4.78, 5) is 19.9. The molecule has 0 saturated heterocycles. The van der Waals surface area contributed by atoms with Crippen LogP contribution in [-0.2, 0) is 6.42 Å². The maximum absolute atomic E-state index is 11.8. The van der Waals surface area contributed by atoms with E-state index >= 15 is 0 Å². The van der Waals surface area contributed by atoms with Crippen molar-refractivity contribution in [2.45, 2.75) is 6.42 Å². The van der Waals surface area contributed by atoms with Crippen LogP contribution in [0.5, 0.6) is 0 Å². The van der Waals surface area contributed by atoms with E-state index in [1.807, 2.05) is 30.3 Å². The van der Waals surface area contributed by atoms with Gasteiger partial charge in [0.2, 0.25) is 0 Å². The molecule has 104 valence electrons. The molecule has 3 nitrogen and oxygen atoms in total. The number of aromatic nitrogens is 1. The second-order valence-electron chi connectivity index (χ2n) is 5.67. The van der Waals surface area contributed by atoms with Gasteiger partial charge in [0, 0.05) is 26.7 Å². The van der Waals surface area contributed by atoms with Crippen LogP contribution in [0.25, 0.3) is 17.0 Å². The summed E-state index contributed by atoms with van der Waals surface area (Å²) >= 11 is 0. The van der Waals surface area contributed by atoms with Crippen LogP contribution in [0.4, 0.5) is 5.69 Å². The Morgan fingerprint density at radius 1 is 1.23 bits per heavy atom. The van der Waals surface area contributed by atoms with Crippen molar-refractivity contribution in [2.24, 2.45) is 4.99 Å². The fourth-order valence-electron chi connectivity index (χ4n) is 3.53. The number of hydrogen-bond donors (Lipinski definition) is 1. The summed E-state index contributed by atoms with van der Waals surface area (Å²) in [6, 6.07) is 10.1. The highest BCUT2D eigenvalue weighted by molar-refractivity contribution is 6.00. The lowest BCUT2D eigenvalue weighted by atomic mass is 10.0. The molecule has 0 radical (unpaired) electrons. The Balaban J connectivity index is 2.09. The van der Waals surface area contributed by atoms with Crippen LogP contribution in [0.3, 0.4) is 0 Å². The number of allylic oxidation sites excluding steroid dienone is 2. The van der Waals surface area contributed by atoms with Crippen molar-refractivity contribution in [2.75, 3.05) is 0 Å². The van der Waals surface area contributed by atoms with Gasteiger partial charge in [0.05, 0.1) is 16.6 Å². The quantitative estimate of drug-likeness (QED) is 0.536. The zero-order valence-electron chi connectivity index (χ0n) is 11.8. The summed E-state index contributed by atoms with van der Waals surface area (Å²) in [5, 5.41) is 5.12. The lowest BCUT2D eigenvalue weighted by Crippen LogP contribution is -2.08. The normalized spacial score (nSPS) is 14.0. The molecule has 2 heterocycles. The van der Waals surface area contributed by atoms with Gasteiger partial charge in [-0.3, -0.25) is 4.79 Å². The van der Waals surface area contributed by atoms with E-state index in [-0.39, 0.29) is 0 Å². The number of aldehydes is 1. The highest BCUT2D eigenvalue weighted by Gasteiger charge is 2.17. The third-order valence-electron chi connectivity index (χ3n) is 4.51. The maximum Gasteiger partial charge on any atom is 0.152 e. The molecule has 0 amide bonds. The van der Waals surface area contributed by atoms with Gasteiger partial charge < -0.3 is 4.98 Å². The van der Waals surface area contributed by atoms with Crippen LogP contribution in [0.2, 0.25) is 0 Å². The van der Waals surface area contributed by atoms with E-state index in [9.17, 15) is 4.79 Å². The number of aromatic amines is 1. The van der Waals surface area contributed by atoms with E-state index < -0.39 is 0 Å². The monoisotopic (exact) mass is 284 g/mol. The maximum atomic E-state index is 11.8. The number of rotatable bonds is 1. The van der Waals surface area contributed by atoms with E-state index in [1.54, 1.807) is 0 Å². The number of carbonyl (C=O) groups is 1. The molecular formula is C19H12N2O. The van der Waals surface area contributed by atoms with Crippen LogP contribution in [0, 0.1) is 10.4 Å². The molecule has 3 aromatic rings. The fourth-order valence-corrected chi connectivity index (χ4v) is 3.53. The minimum atomic E-state index is 0.712. The number of nitrogens with zero attached hydrogens (tertiary/aromatic N) is 1. The van der Waals surface area contributed by atoms with Crippen LogP contribution in [0.15, 0.2) is 47.5 Å². The van der Waals surface area contributed by atoms with Crippen molar-refractivity contribution < 1.29 is 4.79 Å². The summed E-state index contributed by atoms with van der Waals surface area (Å²) in [5.41, 5.74) is 3.77. The molecule has 1 N–H and O–H groups in total. The van der Waals surface area contributed by atoms with E-state index in [0.29, 0.717) is 5.56 Å². The first-order valence-electron chi connectivity index (χ1n) is 7.34. The predicted molar refractivity (Wildman–Crippen MR) is 85.6 cm³/mol. The van der Waals surface area contributed by atoms with Crippen LogP contribution >= 0.6 is 0 Å². The molecule has 1 aliphatic carbocycles. The zero-order valence-corrected chi connectivity index (χ0v) is 11.8. The second-order valence-corrected chi connectivity index (χ2v) is 5.67. The highest BCUT2D eigenvalue weighted by Crippen LogP contribution is 2.30. The average Bonchev–Trinajstić information content (AvgIpc) is 3.11. The third-order valence-corrected chi connectivity index (χ3v) is 4.51. The van der Waals surface area contributed by atoms with Crippen LogP contribution in [-0.4, -0.2) is 11.3 Å². The summed E-state index contributed by atoms with van der Waals surface area (Å²) in [6.07, 6.45) is 8.08. The Kier molecular flexibility index (Phi) is 2.15. The summed E-state index contributed by atoms with van der Waals surface area (Å²) in [5.74, 6) is 0. The number of hydrogen-bond acceptors (Lipinski definition) is 2. The standard InChI is InChI=1S/C19H12N2O/c22-10-14-18-12-6-2-4-8-16(12)20-17(18)9-13-11-5-1-3-7-15(11)21-19(13)14/h1-4,6-10,21H,5H2. The molecule has 5 rings (SSSR count). The Hall–Kier alpha value is -2.94. The fraction of sp³-hybridized carbons (Fsp3) is 0.0526. The smallest absolute Gasteiger partial charge is 0.152 e. The molecule has 1 aliphatic heterocycles. The van der Waals surface area contributed by atoms with Gasteiger partial charge in [-0.2, -0.15) is 0 Å². The van der Waals surface area contributed by atoms with Crippen molar-refractivity contribution in [3.05, 3.63) is 74.8 Å². The molecule has 2 aromatic carbocycles. The van der Waals surface area contributed by atoms with Gasteiger partial charge in [0.1, 0.15) is 0 Å². The molecule has 22 heavy (non-hydrogen) atoms. The Morgan fingerprint density at radius 3 is 3.05 bits per heavy atom. The topological polar surface area (TPSA) is 45.2 Å². The number of nitrogens with one attached hydrogen (secondary N) is 1. The SMILES string of the molecule is O=Cc1c2c(cc3c4c([nH]c13)=CC=CC4)N=c1ccccc1=2. The van der Waals surface area contributed by atoms with Crippen LogP contribution in [0.1, 0.15) is 15.9 Å². The minimum Gasteiger partial charge on any atom is -0.354 e. The molecule has 0 bridgehead atoms. The Bertz CT molecular complexity index is 1210. The van der Waals surface area contributed by atoms with E-state index in [0.717, 1.165) is 50.4 Å². The van der Waals surface area contributed by atoms with Gasteiger partial charge in [0.25, 0.3) is 0 Å². The molecular weight excluding hydrogens is 272 g/mol. The van der Waals surface area contributed by atoms with Gasteiger partial charge in [-0.05, 0) is 30.2 Å². The minimum absolute atomic E-state index is 0.712. The molecule has 2 aliphatic rings. The Labute approximate surface area is 125 Å². The molecule has 0 atom stereocenters. The van der Waals surface area contributed by atoms with Gasteiger partial charge in [-0.25, -0.2) is 4.99 Å². The molecule has 0 fully saturated rings. The first kappa shape index (κ1) is 11.7. The van der Waals surface area contributed by atoms with Crippen molar-refractivity contribution in [1.82, 2.24) is 4.98 Å². The average molecular weight is 284 g/mol. The lowest BCUT2D eigenvalue weighted by Gasteiger charge is -2.01. The first-order chi connectivity index (χ1) is 10.9. The van der Waals surface area contributed by atoms with Gasteiger partial charge in [-0.1, -0.05) is 30.4 Å². The molecule has 0 unspecified atom stereocenters. The van der Waals surface area contributed by atoms with E-state index in [4.69, 9.17) is 4.99 Å². The summed E-state index contributed by atoms with van der Waals surface area (Å²) in [6.45, 7) is 0. The lowest BCUT2D eigenvalue weighted by molar-refractivity contribution is 0.112. The predicted octanol–water partition coefficient (Wildman–Crippen LogP) is 2.42. The second kappa shape index (κ2) is 4.04. The number of carbonyl (C=O) groups excluding carboxylic acids is 1. The Morgan fingerprint density at radius 2 is 2.14 bits per heavy atom. The highest BCUT2D eigenvalue weighted by atomic mass is 16.1. The van der Waals surface area contributed by atoms with Gasteiger partial charge >= 0.3 is 0 Å². The number of para-hydroxylation sites is 1. The molecule has 3 heteroatoms. The van der Waals surface area contributed by atoms with Gasteiger partial charge in [-0.15, -0.1) is 0 Å². The molecule has 0 saturated carbocycles. The van der Waals surface area contributed by atoms with E-state index in [2.05, 4.69) is 23.2 Å². The van der Waals surface area contributed by atoms with Crippen LogP contribution < -0.4 is 10.7 Å². The number of fused-ring (bicyclic) bond motifs is 5. The van der Waals surface area contributed by atoms with Crippen molar-refractivity contribution in [3.63, 3.8) is 0 Å². The number of H-pyrrole nitrogens is 1. The largest absolute Gasteiger partial charge is 0.354 e. The van der Waals surface area contributed by atoms with Crippen molar-refractivity contribution >= 4 is 29.0 Å².